The summed E-state index contributed by atoms with van der Waals surface area (Å²) < 4.78 is 0. The number of aromatic nitrogens is 2. The molecule has 82 valence electrons. The van der Waals surface area contributed by atoms with Gasteiger partial charge < -0.3 is 10.2 Å². The fourth-order valence-corrected chi connectivity index (χ4v) is 2.09. The van der Waals surface area contributed by atoms with Crippen LogP contribution in [0.15, 0.2) is 0 Å². The van der Waals surface area contributed by atoms with Gasteiger partial charge in [0.15, 0.2) is 0 Å². The van der Waals surface area contributed by atoms with Gasteiger partial charge in [0.2, 0.25) is 5.28 Å². The lowest BCUT2D eigenvalue weighted by Crippen LogP contribution is -2.25. The standard InChI is InChI=1S/C10H15ClN4/c1-3-15(4-2)9-7-5-12-6-8(7)13-10(11)14-9/h12H,3-6H2,1-2H3. The van der Waals surface area contributed by atoms with Crippen LogP contribution in [-0.2, 0) is 13.1 Å². The molecule has 0 spiro atoms. The van der Waals surface area contributed by atoms with Crippen molar-refractivity contribution in [2.24, 2.45) is 0 Å². The lowest BCUT2D eigenvalue weighted by molar-refractivity contribution is 0.755. The highest BCUT2D eigenvalue weighted by Crippen LogP contribution is 2.25. The maximum atomic E-state index is 5.91. The molecule has 2 heterocycles. The average Bonchev–Trinajstić information content (AvgIpc) is 2.67. The zero-order chi connectivity index (χ0) is 10.8. The molecule has 0 fully saturated rings. The van der Waals surface area contributed by atoms with Gasteiger partial charge in [0.05, 0.1) is 5.69 Å². The van der Waals surface area contributed by atoms with E-state index in [0.717, 1.165) is 37.7 Å². The molecule has 2 rings (SSSR count). The number of rotatable bonds is 3. The molecule has 0 bridgehead atoms. The Labute approximate surface area is 94.7 Å². The van der Waals surface area contributed by atoms with Gasteiger partial charge in [-0.05, 0) is 25.4 Å². The van der Waals surface area contributed by atoms with Crippen molar-refractivity contribution in [1.82, 2.24) is 15.3 Å². The molecule has 4 nitrogen and oxygen atoms in total. The zero-order valence-electron chi connectivity index (χ0n) is 9.05. The van der Waals surface area contributed by atoms with Gasteiger partial charge in [-0.2, -0.15) is 0 Å². The molecule has 1 N–H and O–H groups in total. The smallest absolute Gasteiger partial charge is 0.224 e. The van der Waals surface area contributed by atoms with E-state index in [2.05, 4.69) is 34.0 Å². The Balaban J connectivity index is 2.46. The van der Waals surface area contributed by atoms with Crippen LogP contribution in [0.25, 0.3) is 0 Å². The van der Waals surface area contributed by atoms with Crippen LogP contribution < -0.4 is 10.2 Å². The largest absolute Gasteiger partial charge is 0.357 e. The van der Waals surface area contributed by atoms with Crippen LogP contribution in [0, 0.1) is 0 Å². The van der Waals surface area contributed by atoms with Gasteiger partial charge in [-0.25, -0.2) is 9.97 Å². The lowest BCUT2D eigenvalue weighted by Gasteiger charge is -2.22. The van der Waals surface area contributed by atoms with Crippen molar-refractivity contribution in [3.05, 3.63) is 16.5 Å². The summed E-state index contributed by atoms with van der Waals surface area (Å²) in [6.07, 6.45) is 0. The first-order valence-electron chi connectivity index (χ1n) is 5.27. The highest BCUT2D eigenvalue weighted by atomic mass is 35.5. The SMILES string of the molecule is CCN(CC)c1nc(Cl)nc2c1CNC2. The number of hydrogen-bond acceptors (Lipinski definition) is 4. The summed E-state index contributed by atoms with van der Waals surface area (Å²) in [5, 5.41) is 3.62. The van der Waals surface area contributed by atoms with Crippen molar-refractivity contribution in [2.75, 3.05) is 18.0 Å². The number of nitrogens with zero attached hydrogens (tertiary/aromatic N) is 3. The summed E-state index contributed by atoms with van der Waals surface area (Å²) in [5.41, 5.74) is 2.24. The van der Waals surface area contributed by atoms with Gasteiger partial charge in [-0.15, -0.1) is 0 Å². The van der Waals surface area contributed by atoms with Crippen molar-refractivity contribution in [3.63, 3.8) is 0 Å². The van der Waals surface area contributed by atoms with Gasteiger partial charge in [0.25, 0.3) is 0 Å². The van der Waals surface area contributed by atoms with Crippen LogP contribution in [0.1, 0.15) is 25.1 Å². The fourth-order valence-electron chi connectivity index (χ4n) is 1.91. The maximum absolute atomic E-state index is 5.91. The predicted octanol–water partition coefficient (Wildman–Crippen LogP) is 1.58. The van der Waals surface area contributed by atoms with Crippen molar-refractivity contribution in [1.29, 1.82) is 0 Å². The molecule has 0 unspecified atom stereocenters. The highest BCUT2D eigenvalue weighted by molar-refractivity contribution is 6.28. The first-order chi connectivity index (χ1) is 7.26. The molecule has 5 heteroatoms. The highest BCUT2D eigenvalue weighted by Gasteiger charge is 2.20. The maximum Gasteiger partial charge on any atom is 0.224 e. The number of halogens is 1. The predicted molar refractivity (Wildman–Crippen MR) is 61.1 cm³/mol. The Hall–Kier alpha value is -0.870. The van der Waals surface area contributed by atoms with E-state index < -0.39 is 0 Å². The Morgan fingerprint density at radius 3 is 2.67 bits per heavy atom. The minimum atomic E-state index is 0.347. The minimum absolute atomic E-state index is 0.347. The third-order valence-corrected chi connectivity index (χ3v) is 2.87. The fraction of sp³-hybridized carbons (Fsp3) is 0.600. The van der Waals surface area contributed by atoms with Crippen LogP contribution in [0.5, 0.6) is 0 Å². The molecule has 0 aliphatic carbocycles. The average molecular weight is 227 g/mol. The van der Waals surface area contributed by atoms with E-state index in [-0.39, 0.29) is 0 Å². The summed E-state index contributed by atoms with van der Waals surface area (Å²) in [4.78, 5) is 10.8. The van der Waals surface area contributed by atoms with Crippen molar-refractivity contribution in [3.8, 4) is 0 Å². The molecule has 0 saturated heterocycles. The molecule has 0 radical (unpaired) electrons. The molecule has 0 amide bonds. The normalized spacial score (nSPS) is 14.1. The quantitative estimate of drug-likeness (QED) is 0.795. The van der Waals surface area contributed by atoms with Gasteiger partial charge in [0.1, 0.15) is 5.82 Å². The molecule has 0 atom stereocenters. The molecular weight excluding hydrogens is 212 g/mol. The van der Waals surface area contributed by atoms with Crippen LogP contribution in [0.4, 0.5) is 5.82 Å². The second-order valence-electron chi connectivity index (χ2n) is 3.52. The van der Waals surface area contributed by atoms with Crippen LogP contribution in [0.2, 0.25) is 5.28 Å². The molecule has 0 aromatic carbocycles. The monoisotopic (exact) mass is 226 g/mol. The van der Waals surface area contributed by atoms with Crippen LogP contribution >= 0.6 is 11.6 Å². The lowest BCUT2D eigenvalue weighted by atomic mass is 10.2. The number of anilines is 1. The molecule has 1 aromatic heterocycles. The Morgan fingerprint density at radius 1 is 1.27 bits per heavy atom. The van der Waals surface area contributed by atoms with Crippen LogP contribution in [0.3, 0.4) is 0 Å². The Morgan fingerprint density at radius 2 is 2.00 bits per heavy atom. The molecular formula is C10H15ClN4. The summed E-state index contributed by atoms with van der Waals surface area (Å²) in [6, 6.07) is 0. The number of nitrogens with one attached hydrogen (secondary N) is 1. The van der Waals surface area contributed by atoms with Crippen molar-refractivity contribution < 1.29 is 0 Å². The first-order valence-corrected chi connectivity index (χ1v) is 5.65. The van der Waals surface area contributed by atoms with Crippen molar-refractivity contribution >= 4 is 17.4 Å². The second kappa shape index (κ2) is 4.33. The van der Waals surface area contributed by atoms with E-state index in [1.807, 2.05) is 0 Å². The van der Waals surface area contributed by atoms with Crippen LogP contribution in [-0.4, -0.2) is 23.1 Å². The molecule has 15 heavy (non-hydrogen) atoms. The number of hydrogen-bond donors (Lipinski definition) is 1. The van der Waals surface area contributed by atoms with Gasteiger partial charge in [-0.3, -0.25) is 0 Å². The summed E-state index contributed by atoms with van der Waals surface area (Å²) in [5.74, 6) is 0.986. The van der Waals surface area contributed by atoms with Crippen molar-refractivity contribution in [2.45, 2.75) is 26.9 Å². The first kappa shape index (κ1) is 10.6. The third kappa shape index (κ3) is 1.92. The molecule has 1 aliphatic heterocycles. The minimum Gasteiger partial charge on any atom is -0.357 e. The second-order valence-corrected chi connectivity index (χ2v) is 3.86. The van der Waals surface area contributed by atoms with E-state index in [0.29, 0.717) is 5.28 Å². The van der Waals surface area contributed by atoms with Gasteiger partial charge in [-0.1, -0.05) is 0 Å². The van der Waals surface area contributed by atoms with E-state index in [9.17, 15) is 0 Å². The molecule has 1 aromatic rings. The van der Waals surface area contributed by atoms with Gasteiger partial charge >= 0.3 is 0 Å². The molecule has 1 aliphatic rings. The van der Waals surface area contributed by atoms with Gasteiger partial charge in [0, 0.05) is 31.7 Å². The van der Waals surface area contributed by atoms with E-state index >= 15 is 0 Å². The van der Waals surface area contributed by atoms with E-state index in [4.69, 9.17) is 11.6 Å². The summed E-state index contributed by atoms with van der Waals surface area (Å²) >= 11 is 5.91. The topological polar surface area (TPSA) is 41.1 Å². The van der Waals surface area contributed by atoms with E-state index in [1.54, 1.807) is 0 Å². The zero-order valence-corrected chi connectivity index (χ0v) is 9.80. The third-order valence-electron chi connectivity index (χ3n) is 2.70. The summed E-state index contributed by atoms with van der Waals surface area (Å²) in [6.45, 7) is 7.76. The molecule has 0 saturated carbocycles. The summed E-state index contributed by atoms with van der Waals surface area (Å²) in [7, 11) is 0. The van der Waals surface area contributed by atoms with E-state index in [1.165, 1.54) is 5.56 Å². The Bertz CT molecular complexity index is 363. The number of fused-ring (bicyclic) bond motifs is 1. The Kier molecular flexibility index (Phi) is 3.07.